The molecule has 2 aromatic carbocycles. The molecule has 5 nitrogen and oxygen atoms in total. The van der Waals surface area contributed by atoms with E-state index in [1.54, 1.807) is 0 Å². The summed E-state index contributed by atoms with van der Waals surface area (Å²) in [5.41, 5.74) is 5.27. The third-order valence-corrected chi connectivity index (χ3v) is 6.24. The van der Waals surface area contributed by atoms with Crippen molar-refractivity contribution in [3.63, 3.8) is 0 Å². The third kappa shape index (κ3) is 7.25. The van der Waals surface area contributed by atoms with E-state index < -0.39 is 0 Å². The largest absolute Gasteiger partial charge is 0.494 e. The number of anilines is 2. The number of nitrogens with zero attached hydrogens (tertiary/aromatic N) is 2. The summed E-state index contributed by atoms with van der Waals surface area (Å²) in [7, 11) is 0. The van der Waals surface area contributed by atoms with Crippen LogP contribution in [0.1, 0.15) is 44.7 Å². The van der Waals surface area contributed by atoms with E-state index in [4.69, 9.17) is 4.74 Å². The van der Waals surface area contributed by atoms with Crippen molar-refractivity contribution in [3.8, 4) is 5.75 Å². The fraction of sp³-hybridized carbons (Fsp3) is 0.367. The lowest BCUT2D eigenvalue weighted by Gasteiger charge is -2.38. The van der Waals surface area contributed by atoms with Crippen LogP contribution in [-0.4, -0.2) is 43.6 Å². The van der Waals surface area contributed by atoms with Gasteiger partial charge in [0.25, 0.3) is 0 Å². The summed E-state index contributed by atoms with van der Waals surface area (Å²) in [5.74, 6) is 0.477. The Morgan fingerprint density at radius 3 is 2.40 bits per heavy atom. The normalized spacial score (nSPS) is 15.6. The summed E-state index contributed by atoms with van der Waals surface area (Å²) in [6.07, 6.45) is 10.6. The Kier molecular flexibility index (Phi) is 9.59. The van der Waals surface area contributed by atoms with Crippen LogP contribution in [0.2, 0.25) is 0 Å². The second-order valence-corrected chi connectivity index (χ2v) is 8.86. The summed E-state index contributed by atoms with van der Waals surface area (Å²) < 4.78 is 5.88. The molecule has 35 heavy (non-hydrogen) atoms. The van der Waals surface area contributed by atoms with E-state index in [0.717, 1.165) is 48.9 Å². The first-order chi connectivity index (χ1) is 16.9. The molecule has 0 saturated carbocycles. The van der Waals surface area contributed by atoms with Gasteiger partial charge >= 0.3 is 0 Å². The van der Waals surface area contributed by atoms with Gasteiger partial charge in [0.05, 0.1) is 12.5 Å². The maximum Gasteiger partial charge on any atom is 0.231 e. The fourth-order valence-corrected chi connectivity index (χ4v) is 4.18. The number of allylic oxidation sites excluding steroid dienone is 5. The molecule has 0 aliphatic carbocycles. The highest BCUT2D eigenvalue weighted by Gasteiger charge is 2.22. The van der Waals surface area contributed by atoms with Crippen molar-refractivity contribution in [1.29, 1.82) is 0 Å². The fourth-order valence-electron chi connectivity index (χ4n) is 4.18. The van der Waals surface area contributed by atoms with Crippen molar-refractivity contribution in [2.45, 2.75) is 40.5 Å². The van der Waals surface area contributed by atoms with Crippen LogP contribution in [0.5, 0.6) is 5.75 Å². The Hall–Kier alpha value is -3.47. The Bertz CT molecular complexity index is 1060. The van der Waals surface area contributed by atoms with E-state index in [9.17, 15) is 4.79 Å². The highest BCUT2D eigenvalue weighted by atomic mass is 16.5. The minimum Gasteiger partial charge on any atom is -0.494 e. The van der Waals surface area contributed by atoms with Crippen molar-refractivity contribution in [2.24, 2.45) is 0 Å². The van der Waals surface area contributed by atoms with Crippen LogP contribution in [0.4, 0.5) is 11.4 Å². The zero-order valence-corrected chi connectivity index (χ0v) is 21.8. The lowest BCUT2D eigenvalue weighted by atomic mass is 9.98. The zero-order valence-electron chi connectivity index (χ0n) is 21.8. The SMILES string of the molecule is C\C=C/C(=C\C=C\C)N1CCN(c2cc(OCC)cc(C(C)C(=O)Nc3ccc(C)cc3)c2)CC1. The number of carbonyl (C=O) groups excluding carboxylic acids is 1. The molecule has 1 heterocycles. The number of hydrogen-bond acceptors (Lipinski definition) is 4. The van der Waals surface area contributed by atoms with Gasteiger partial charge in [0, 0.05) is 49.3 Å². The molecule has 1 N–H and O–H groups in total. The van der Waals surface area contributed by atoms with Gasteiger partial charge in [-0.2, -0.15) is 0 Å². The van der Waals surface area contributed by atoms with Crippen molar-refractivity contribution >= 4 is 17.3 Å². The summed E-state index contributed by atoms with van der Waals surface area (Å²) in [6.45, 7) is 14.3. The molecular weight excluding hydrogens is 434 g/mol. The Labute approximate surface area is 210 Å². The first kappa shape index (κ1) is 26.1. The summed E-state index contributed by atoms with van der Waals surface area (Å²) in [5, 5.41) is 3.05. The Balaban J connectivity index is 1.76. The van der Waals surface area contributed by atoms with Gasteiger partial charge in [0.2, 0.25) is 5.91 Å². The number of nitrogens with one attached hydrogen (secondary N) is 1. The first-order valence-electron chi connectivity index (χ1n) is 12.6. The molecule has 1 amide bonds. The number of carbonyl (C=O) groups is 1. The number of aryl methyl sites for hydroxylation is 1. The molecule has 3 rings (SSSR count). The lowest BCUT2D eigenvalue weighted by Crippen LogP contribution is -2.45. The molecule has 1 aliphatic heterocycles. The Morgan fingerprint density at radius 2 is 1.77 bits per heavy atom. The average molecular weight is 474 g/mol. The standard InChI is InChI=1S/C30H39N3O2/c1-6-9-11-27(10-7-2)32-16-18-33(19-17-32)28-20-25(21-29(22-28)35-8-3)24(5)30(34)31-26-14-12-23(4)13-15-26/h6-7,9-15,20-22,24H,8,16-19H2,1-5H3,(H,31,34)/b9-6+,10-7-,27-11+. The van der Waals surface area contributed by atoms with Crippen LogP contribution in [-0.2, 0) is 4.79 Å². The van der Waals surface area contributed by atoms with Crippen LogP contribution >= 0.6 is 0 Å². The molecule has 2 aromatic rings. The number of hydrogen-bond donors (Lipinski definition) is 1. The molecule has 0 spiro atoms. The van der Waals surface area contributed by atoms with Crippen LogP contribution in [0.3, 0.4) is 0 Å². The predicted octanol–water partition coefficient (Wildman–Crippen LogP) is 6.29. The molecule has 1 atom stereocenters. The van der Waals surface area contributed by atoms with Gasteiger partial charge in [0.1, 0.15) is 5.75 Å². The van der Waals surface area contributed by atoms with Crippen LogP contribution in [0, 0.1) is 6.92 Å². The first-order valence-corrected chi connectivity index (χ1v) is 12.6. The van der Waals surface area contributed by atoms with Gasteiger partial charge in [-0.3, -0.25) is 4.79 Å². The van der Waals surface area contributed by atoms with E-state index in [2.05, 4.69) is 64.6 Å². The average Bonchev–Trinajstić information content (AvgIpc) is 2.87. The molecule has 5 heteroatoms. The molecule has 186 valence electrons. The molecule has 1 fully saturated rings. The monoisotopic (exact) mass is 473 g/mol. The Morgan fingerprint density at radius 1 is 1.06 bits per heavy atom. The number of ether oxygens (including phenoxy) is 1. The summed E-state index contributed by atoms with van der Waals surface area (Å²) in [6, 6.07) is 14.1. The van der Waals surface area contributed by atoms with E-state index in [0.29, 0.717) is 6.61 Å². The topological polar surface area (TPSA) is 44.8 Å². The maximum atomic E-state index is 13.0. The van der Waals surface area contributed by atoms with Crippen molar-refractivity contribution in [2.75, 3.05) is 43.0 Å². The predicted molar refractivity (Wildman–Crippen MR) is 147 cm³/mol. The minimum atomic E-state index is -0.304. The molecule has 0 aromatic heterocycles. The van der Waals surface area contributed by atoms with Crippen LogP contribution in [0.15, 0.2) is 78.5 Å². The van der Waals surface area contributed by atoms with E-state index in [1.807, 2.05) is 58.0 Å². The molecule has 0 bridgehead atoms. The second kappa shape index (κ2) is 12.8. The molecule has 1 saturated heterocycles. The number of benzene rings is 2. The van der Waals surface area contributed by atoms with E-state index in [1.165, 1.54) is 11.3 Å². The smallest absolute Gasteiger partial charge is 0.231 e. The number of amides is 1. The summed E-state index contributed by atoms with van der Waals surface area (Å²) >= 11 is 0. The third-order valence-electron chi connectivity index (χ3n) is 6.24. The van der Waals surface area contributed by atoms with Crippen molar-refractivity contribution in [3.05, 3.63) is 89.7 Å². The van der Waals surface area contributed by atoms with Gasteiger partial charge in [-0.1, -0.05) is 35.9 Å². The van der Waals surface area contributed by atoms with Gasteiger partial charge in [-0.25, -0.2) is 0 Å². The van der Waals surface area contributed by atoms with Gasteiger partial charge in [-0.05, 0) is 76.6 Å². The second-order valence-electron chi connectivity index (χ2n) is 8.86. The van der Waals surface area contributed by atoms with Gasteiger partial charge in [-0.15, -0.1) is 0 Å². The zero-order chi connectivity index (χ0) is 25.2. The minimum absolute atomic E-state index is 0.0246. The quantitative estimate of drug-likeness (QED) is 0.435. The highest BCUT2D eigenvalue weighted by molar-refractivity contribution is 5.95. The van der Waals surface area contributed by atoms with Gasteiger partial charge in [0.15, 0.2) is 0 Å². The molecular formula is C30H39N3O2. The number of rotatable bonds is 9. The van der Waals surface area contributed by atoms with Crippen LogP contribution < -0.4 is 15.0 Å². The van der Waals surface area contributed by atoms with Crippen molar-refractivity contribution in [1.82, 2.24) is 4.90 Å². The summed E-state index contributed by atoms with van der Waals surface area (Å²) in [4.78, 5) is 17.8. The maximum absolute atomic E-state index is 13.0. The van der Waals surface area contributed by atoms with Gasteiger partial charge < -0.3 is 19.9 Å². The van der Waals surface area contributed by atoms with E-state index >= 15 is 0 Å². The number of piperazine rings is 1. The highest BCUT2D eigenvalue weighted by Crippen LogP contribution is 2.30. The lowest BCUT2D eigenvalue weighted by molar-refractivity contribution is -0.117. The molecule has 1 aliphatic rings. The molecule has 0 radical (unpaired) electrons. The molecule has 1 unspecified atom stereocenters. The van der Waals surface area contributed by atoms with E-state index in [-0.39, 0.29) is 11.8 Å². The van der Waals surface area contributed by atoms with Crippen molar-refractivity contribution < 1.29 is 9.53 Å². The van der Waals surface area contributed by atoms with Crippen LogP contribution in [0.25, 0.3) is 0 Å².